The van der Waals surface area contributed by atoms with Gasteiger partial charge in [0.05, 0.1) is 11.0 Å². The van der Waals surface area contributed by atoms with Crippen molar-refractivity contribution in [1.82, 2.24) is 9.97 Å². The van der Waals surface area contributed by atoms with Crippen LogP contribution in [0.4, 0.5) is 0 Å². The van der Waals surface area contributed by atoms with Crippen molar-refractivity contribution in [2.24, 2.45) is 0 Å². The Bertz CT molecular complexity index is 665. The van der Waals surface area contributed by atoms with E-state index in [4.69, 9.17) is 0 Å². The van der Waals surface area contributed by atoms with Crippen molar-refractivity contribution in [3.63, 3.8) is 0 Å². The number of hydrogen-bond donors (Lipinski definition) is 0. The summed E-state index contributed by atoms with van der Waals surface area (Å²) in [6.07, 6.45) is 0. The minimum absolute atomic E-state index is 0.937. The summed E-state index contributed by atoms with van der Waals surface area (Å²) < 4.78 is 0.938. The summed E-state index contributed by atoms with van der Waals surface area (Å²) in [4.78, 5) is 9.25. The molecule has 17 heavy (non-hydrogen) atoms. The second kappa shape index (κ2) is 4.41. The van der Waals surface area contributed by atoms with Crippen molar-refractivity contribution >= 4 is 33.6 Å². The molecule has 0 aliphatic rings. The first-order chi connectivity index (χ1) is 8.34. The van der Waals surface area contributed by atoms with E-state index in [-0.39, 0.29) is 0 Å². The monoisotopic (exact) mass is 332 g/mol. The highest BCUT2D eigenvalue weighted by Gasteiger charge is 2.07. The van der Waals surface area contributed by atoms with Gasteiger partial charge in [0.25, 0.3) is 0 Å². The quantitative estimate of drug-likeness (QED) is 0.632. The lowest BCUT2D eigenvalue weighted by Crippen LogP contribution is -1.93. The Kier molecular flexibility index (Phi) is 2.76. The highest BCUT2D eigenvalue weighted by atomic mass is 127. The number of halogens is 1. The molecule has 3 aromatic rings. The maximum Gasteiger partial charge on any atom is 0.128 e. The number of aromatic nitrogens is 2. The SMILES string of the molecule is Ic1nc2ccccc2nc1-c1ccccc1. The Labute approximate surface area is 113 Å². The highest BCUT2D eigenvalue weighted by Crippen LogP contribution is 2.23. The molecule has 1 aromatic heterocycles. The minimum Gasteiger partial charge on any atom is -0.243 e. The van der Waals surface area contributed by atoms with Crippen molar-refractivity contribution in [3.8, 4) is 11.3 Å². The zero-order chi connectivity index (χ0) is 11.7. The maximum absolute atomic E-state index is 4.68. The van der Waals surface area contributed by atoms with Crippen LogP contribution in [0.15, 0.2) is 54.6 Å². The fourth-order valence-electron chi connectivity index (χ4n) is 1.76. The zero-order valence-corrected chi connectivity index (χ0v) is 11.1. The Morgan fingerprint density at radius 3 is 2.00 bits per heavy atom. The molecule has 0 N–H and O–H groups in total. The van der Waals surface area contributed by atoms with Crippen molar-refractivity contribution in [3.05, 3.63) is 58.3 Å². The number of para-hydroxylation sites is 2. The Morgan fingerprint density at radius 1 is 0.706 bits per heavy atom. The van der Waals surface area contributed by atoms with Crippen molar-refractivity contribution in [1.29, 1.82) is 0 Å². The maximum atomic E-state index is 4.68. The van der Waals surface area contributed by atoms with Crippen LogP contribution in [-0.2, 0) is 0 Å². The number of benzene rings is 2. The summed E-state index contributed by atoms with van der Waals surface area (Å²) in [5.74, 6) is 0. The van der Waals surface area contributed by atoms with Crippen LogP contribution in [0.5, 0.6) is 0 Å². The highest BCUT2D eigenvalue weighted by molar-refractivity contribution is 14.1. The number of fused-ring (bicyclic) bond motifs is 1. The van der Waals surface area contributed by atoms with Crippen molar-refractivity contribution in [2.45, 2.75) is 0 Å². The zero-order valence-electron chi connectivity index (χ0n) is 8.97. The molecule has 0 saturated heterocycles. The average Bonchev–Trinajstić information content (AvgIpc) is 2.39. The number of nitrogens with zero attached hydrogens (tertiary/aromatic N) is 2. The smallest absolute Gasteiger partial charge is 0.128 e. The van der Waals surface area contributed by atoms with Crippen molar-refractivity contribution in [2.75, 3.05) is 0 Å². The van der Waals surface area contributed by atoms with Crippen LogP contribution in [0.2, 0.25) is 0 Å². The molecule has 0 amide bonds. The lowest BCUT2D eigenvalue weighted by molar-refractivity contribution is 1.25. The van der Waals surface area contributed by atoms with Gasteiger partial charge in [-0.3, -0.25) is 0 Å². The predicted molar refractivity (Wildman–Crippen MR) is 77.7 cm³/mol. The van der Waals surface area contributed by atoms with Crippen LogP contribution < -0.4 is 0 Å². The molecule has 0 spiro atoms. The molecule has 1 heterocycles. The van der Waals surface area contributed by atoms with Gasteiger partial charge in [-0.05, 0) is 34.7 Å². The van der Waals surface area contributed by atoms with Crippen LogP contribution >= 0.6 is 22.6 Å². The summed E-state index contributed by atoms with van der Waals surface area (Å²) >= 11 is 2.24. The molecule has 0 aliphatic carbocycles. The largest absolute Gasteiger partial charge is 0.243 e. The Morgan fingerprint density at radius 2 is 1.29 bits per heavy atom. The Hall–Kier alpha value is -1.49. The summed E-state index contributed by atoms with van der Waals surface area (Å²) in [5.41, 5.74) is 3.93. The molecule has 2 nitrogen and oxygen atoms in total. The van der Waals surface area contributed by atoms with E-state index in [1.165, 1.54) is 0 Å². The van der Waals surface area contributed by atoms with E-state index in [0.29, 0.717) is 0 Å². The van der Waals surface area contributed by atoms with E-state index in [1.807, 2.05) is 42.5 Å². The van der Waals surface area contributed by atoms with E-state index in [1.54, 1.807) is 0 Å². The predicted octanol–water partition coefficient (Wildman–Crippen LogP) is 3.90. The van der Waals surface area contributed by atoms with Gasteiger partial charge in [-0.25, -0.2) is 9.97 Å². The van der Waals surface area contributed by atoms with E-state index < -0.39 is 0 Å². The third-order valence-corrected chi connectivity index (χ3v) is 3.33. The fraction of sp³-hybridized carbons (Fsp3) is 0. The fourth-order valence-corrected chi connectivity index (χ4v) is 2.45. The third kappa shape index (κ3) is 2.02. The third-order valence-electron chi connectivity index (χ3n) is 2.58. The molecular weight excluding hydrogens is 323 g/mol. The summed E-state index contributed by atoms with van der Waals surface area (Å²) in [5, 5.41) is 0. The minimum atomic E-state index is 0.937. The van der Waals surface area contributed by atoms with Gasteiger partial charge in [0, 0.05) is 5.56 Å². The molecule has 0 fully saturated rings. The van der Waals surface area contributed by atoms with Gasteiger partial charge >= 0.3 is 0 Å². The van der Waals surface area contributed by atoms with Gasteiger partial charge in [0.2, 0.25) is 0 Å². The topological polar surface area (TPSA) is 25.8 Å². The summed E-state index contributed by atoms with van der Waals surface area (Å²) in [6.45, 7) is 0. The molecule has 3 rings (SSSR count). The molecule has 0 saturated carbocycles. The van der Waals surface area contributed by atoms with Crippen molar-refractivity contribution < 1.29 is 0 Å². The lowest BCUT2D eigenvalue weighted by Gasteiger charge is -2.05. The first-order valence-electron chi connectivity index (χ1n) is 5.32. The summed E-state index contributed by atoms with van der Waals surface area (Å²) in [6, 6.07) is 18.1. The van der Waals surface area contributed by atoms with Gasteiger partial charge in [0.1, 0.15) is 9.39 Å². The normalized spacial score (nSPS) is 10.6. The lowest BCUT2D eigenvalue weighted by atomic mass is 10.1. The van der Waals surface area contributed by atoms with Gasteiger partial charge in [-0.15, -0.1) is 0 Å². The molecule has 82 valence electrons. The van der Waals surface area contributed by atoms with Crippen LogP contribution in [0.3, 0.4) is 0 Å². The average molecular weight is 332 g/mol. The molecule has 0 unspecified atom stereocenters. The molecule has 3 heteroatoms. The van der Waals surface area contributed by atoms with Crippen LogP contribution in [0.1, 0.15) is 0 Å². The van der Waals surface area contributed by atoms with E-state index in [0.717, 1.165) is 26.0 Å². The first kappa shape index (κ1) is 10.7. The van der Waals surface area contributed by atoms with Crippen LogP contribution in [-0.4, -0.2) is 9.97 Å². The second-order valence-electron chi connectivity index (χ2n) is 3.72. The standard InChI is InChI=1S/C14H9IN2/c15-14-13(10-6-2-1-3-7-10)16-11-8-4-5-9-12(11)17-14/h1-9H. The second-order valence-corrected chi connectivity index (χ2v) is 4.74. The molecule has 0 bridgehead atoms. The van der Waals surface area contributed by atoms with E-state index >= 15 is 0 Å². The molecule has 0 radical (unpaired) electrons. The Balaban J connectivity index is 2.27. The molecule has 0 aliphatic heterocycles. The van der Waals surface area contributed by atoms with E-state index in [2.05, 4.69) is 44.7 Å². The van der Waals surface area contributed by atoms with Gasteiger partial charge < -0.3 is 0 Å². The van der Waals surface area contributed by atoms with Gasteiger partial charge in [-0.1, -0.05) is 42.5 Å². The number of rotatable bonds is 1. The van der Waals surface area contributed by atoms with E-state index in [9.17, 15) is 0 Å². The van der Waals surface area contributed by atoms with Crippen LogP contribution in [0, 0.1) is 3.70 Å². The van der Waals surface area contributed by atoms with Gasteiger partial charge in [-0.2, -0.15) is 0 Å². The molecule has 2 aromatic carbocycles. The number of hydrogen-bond acceptors (Lipinski definition) is 2. The summed E-state index contributed by atoms with van der Waals surface area (Å²) in [7, 11) is 0. The first-order valence-corrected chi connectivity index (χ1v) is 6.40. The molecule has 0 atom stereocenters. The molecular formula is C14H9IN2. The van der Waals surface area contributed by atoms with Crippen LogP contribution in [0.25, 0.3) is 22.3 Å². The van der Waals surface area contributed by atoms with Gasteiger partial charge in [0.15, 0.2) is 0 Å².